The SMILES string of the molecule is ClCCCCCCCCOC1CCCN1. The molecule has 0 saturated carbocycles. The molecule has 1 saturated heterocycles. The second-order valence-electron chi connectivity index (χ2n) is 4.27. The van der Waals surface area contributed by atoms with Gasteiger partial charge in [0, 0.05) is 12.5 Å². The van der Waals surface area contributed by atoms with Gasteiger partial charge >= 0.3 is 0 Å². The van der Waals surface area contributed by atoms with E-state index >= 15 is 0 Å². The molecule has 90 valence electrons. The van der Waals surface area contributed by atoms with E-state index in [0.29, 0.717) is 6.23 Å². The highest BCUT2D eigenvalue weighted by molar-refractivity contribution is 6.17. The summed E-state index contributed by atoms with van der Waals surface area (Å²) < 4.78 is 5.70. The first-order valence-corrected chi connectivity index (χ1v) is 6.88. The number of unbranched alkanes of at least 4 members (excludes halogenated alkanes) is 5. The largest absolute Gasteiger partial charge is 0.363 e. The molecule has 0 aliphatic carbocycles. The third-order valence-corrected chi connectivity index (χ3v) is 3.13. The molecule has 0 aromatic carbocycles. The maximum Gasteiger partial charge on any atom is 0.108 e. The lowest BCUT2D eigenvalue weighted by atomic mass is 10.1. The summed E-state index contributed by atoms with van der Waals surface area (Å²) >= 11 is 5.61. The summed E-state index contributed by atoms with van der Waals surface area (Å²) in [5.74, 6) is 0.816. The van der Waals surface area contributed by atoms with Crippen LogP contribution in [0.2, 0.25) is 0 Å². The Labute approximate surface area is 98.7 Å². The first-order chi connectivity index (χ1) is 7.43. The maximum atomic E-state index is 5.70. The third-order valence-electron chi connectivity index (χ3n) is 2.86. The highest BCUT2D eigenvalue weighted by atomic mass is 35.5. The van der Waals surface area contributed by atoms with E-state index in [1.165, 1.54) is 51.4 Å². The van der Waals surface area contributed by atoms with Crippen LogP contribution in [0.15, 0.2) is 0 Å². The van der Waals surface area contributed by atoms with Crippen LogP contribution in [-0.4, -0.2) is 25.3 Å². The highest BCUT2D eigenvalue weighted by Crippen LogP contribution is 2.09. The summed E-state index contributed by atoms with van der Waals surface area (Å²) in [7, 11) is 0. The first-order valence-electron chi connectivity index (χ1n) is 6.34. The molecule has 1 aliphatic heterocycles. The Morgan fingerprint density at radius 1 is 1.07 bits per heavy atom. The van der Waals surface area contributed by atoms with Gasteiger partial charge in [0.2, 0.25) is 0 Å². The lowest BCUT2D eigenvalue weighted by Crippen LogP contribution is -2.24. The van der Waals surface area contributed by atoms with E-state index in [2.05, 4.69) is 5.32 Å². The summed E-state index contributed by atoms with van der Waals surface area (Å²) in [6.07, 6.45) is 10.4. The van der Waals surface area contributed by atoms with E-state index in [1.54, 1.807) is 0 Å². The van der Waals surface area contributed by atoms with Crippen molar-refractivity contribution in [3.8, 4) is 0 Å². The Hall–Kier alpha value is 0.210. The number of halogens is 1. The van der Waals surface area contributed by atoms with E-state index in [9.17, 15) is 0 Å². The molecular formula is C12H24ClNO. The van der Waals surface area contributed by atoms with Crippen LogP contribution in [0.5, 0.6) is 0 Å². The smallest absolute Gasteiger partial charge is 0.108 e. The van der Waals surface area contributed by atoms with Crippen LogP contribution < -0.4 is 5.32 Å². The monoisotopic (exact) mass is 233 g/mol. The summed E-state index contributed by atoms with van der Waals surface area (Å²) in [6.45, 7) is 2.05. The molecule has 0 bridgehead atoms. The first kappa shape index (κ1) is 13.3. The van der Waals surface area contributed by atoms with Gasteiger partial charge < -0.3 is 4.74 Å². The zero-order valence-corrected chi connectivity index (χ0v) is 10.4. The third kappa shape index (κ3) is 7.15. The van der Waals surface area contributed by atoms with Crippen molar-refractivity contribution in [2.75, 3.05) is 19.0 Å². The minimum absolute atomic E-state index is 0.348. The van der Waals surface area contributed by atoms with Crippen molar-refractivity contribution in [2.45, 2.75) is 57.6 Å². The Balaban J connectivity index is 1.73. The average Bonchev–Trinajstić information content (AvgIpc) is 2.75. The molecule has 1 heterocycles. The van der Waals surface area contributed by atoms with Gasteiger partial charge in [0.25, 0.3) is 0 Å². The van der Waals surface area contributed by atoms with E-state index in [1.807, 2.05) is 0 Å². The molecule has 1 aliphatic rings. The molecule has 0 amide bonds. The Morgan fingerprint density at radius 3 is 2.47 bits per heavy atom. The molecular weight excluding hydrogens is 210 g/mol. The number of ether oxygens (including phenoxy) is 1. The van der Waals surface area contributed by atoms with Gasteiger partial charge in [0.1, 0.15) is 6.23 Å². The van der Waals surface area contributed by atoms with Crippen LogP contribution >= 0.6 is 11.6 Å². The number of hydrogen-bond donors (Lipinski definition) is 1. The second kappa shape index (κ2) is 9.44. The fourth-order valence-electron chi connectivity index (χ4n) is 1.92. The summed E-state index contributed by atoms with van der Waals surface area (Å²) in [5.41, 5.74) is 0. The molecule has 0 spiro atoms. The molecule has 1 fully saturated rings. The molecule has 1 unspecified atom stereocenters. The molecule has 3 heteroatoms. The van der Waals surface area contributed by atoms with Crippen molar-refractivity contribution >= 4 is 11.6 Å². The quantitative estimate of drug-likeness (QED) is 0.488. The molecule has 0 radical (unpaired) electrons. The van der Waals surface area contributed by atoms with Crippen molar-refractivity contribution in [2.24, 2.45) is 0 Å². The normalized spacial score (nSPS) is 21.0. The van der Waals surface area contributed by atoms with Crippen LogP contribution in [0.4, 0.5) is 0 Å². The number of rotatable bonds is 9. The predicted molar refractivity (Wildman–Crippen MR) is 65.4 cm³/mol. The Kier molecular flexibility index (Phi) is 8.35. The van der Waals surface area contributed by atoms with Gasteiger partial charge in [0.15, 0.2) is 0 Å². The Bertz CT molecular complexity index is 138. The summed E-state index contributed by atoms with van der Waals surface area (Å²) in [6, 6.07) is 0. The van der Waals surface area contributed by atoms with Crippen molar-refractivity contribution in [3.63, 3.8) is 0 Å². The maximum absolute atomic E-state index is 5.70. The van der Waals surface area contributed by atoms with Gasteiger partial charge in [-0.3, -0.25) is 5.32 Å². The summed E-state index contributed by atoms with van der Waals surface area (Å²) in [5, 5.41) is 3.34. The predicted octanol–water partition coefficient (Wildman–Crippen LogP) is 3.29. The molecule has 0 aromatic heterocycles. The fraction of sp³-hybridized carbons (Fsp3) is 1.00. The van der Waals surface area contributed by atoms with Gasteiger partial charge in [-0.05, 0) is 32.2 Å². The van der Waals surface area contributed by atoms with E-state index < -0.39 is 0 Å². The Morgan fingerprint density at radius 2 is 1.80 bits per heavy atom. The molecule has 1 rings (SSSR count). The molecule has 1 N–H and O–H groups in total. The minimum Gasteiger partial charge on any atom is -0.363 e. The topological polar surface area (TPSA) is 21.3 Å². The molecule has 15 heavy (non-hydrogen) atoms. The molecule has 1 atom stereocenters. The van der Waals surface area contributed by atoms with E-state index in [0.717, 1.165) is 19.0 Å². The number of alkyl halides is 1. The average molecular weight is 234 g/mol. The van der Waals surface area contributed by atoms with E-state index in [-0.39, 0.29) is 0 Å². The zero-order valence-electron chi connectivity index (χ0n) is 9.64. The zero-order chi connectivity index (χ0) is 10.8. The van der Waals surface area contributed by atoms with Gasteiger partial charge in [0.05, 0.1) is 0 Å². The van der Waals surface area contributed by atoms with Gasteiger partial charge in [-0.2, -0.15) is 0 Å². The van der Waals surface area contributed by atoms with Crippen LogP contribution in [-0.2, 0) is 4.74 Å². The van der Waals surface area contributed by atoms with Crippen molar-refractivity contribution in [1.82, 2.24) is 5.32 Å². The standard InChI is InChI=1S/C12H24ClNO/c13-9-5-3-1-2-4-6-11-15-12-8-7-10-14-12/h12,14H,1-11H2. The summed E-state index contributed by atoms with van der Waals surface area (Å²) in [4.78, 5) is 0. The van der Waals surface area contributed by atoms with Crippen LogP contribution in [0.25, 0.3) is 0 Å². The van der Waals surface area contributed by atoms with E-state index in [4.69, 9.17) is 16.3 Å². The fourth-order valence-corrected chi connectivity index (χ4v) is 2.11. The minimum atomic E-state index is 0.348. The van der Waals surface area contributed by atoms with Crippen molar-refractivity contribution in [3.05, 3.63) is 0 Å². The van der Waals surface area contributed by atoms with Crippen LogP contribution in [0, 0.1) is 0 Å². The second-order valence-corrected chi connectivity index (χ2v) is 4.64. The lowest BCUT2D eigenvalue weighted by molar-refractivity contribution is 0.0410. The van der Waals surface area contributed by atoms with Crippen LogP contribution in [0.3, 0.4) is 0 Å². The molecule has 0 aromatic rings. The van der Waals surface area contributed by atoms with Crippen molar-refractivity contribution in [1.29, 1.82) is 0 Å². The van der Waals surface area contributed by atoms with Crippen LogP contribution in [0.1, 0.15) is 51.4 Å². The van der Waals surface area contributed by atoms with Gasteiger partial charge in [-0.15, -0.1) is 11.6 Å². The van der Waals surface area contributed by atoms with Gasteiger partial charge in [-0.25, -0.2) is 0 Å². The molecule has 2 nitrogen and oxygen atoms in total. The van der Waals surface area contributed by atoms with Crippen molar-refractivity contribution < 1.29 is 4.74 Å². The number of hydrogen-bond acceptors (Lipinski definition) is 2. The lowest BCUT2D eigenvalue weighted by Gasteiger charge is -2.11. The van der Waals surface area contributed by atoms with Gasteiger partial charge in [-0.1, -0.05) is 25.7 Å². The number of nitrogens with one attached hydrogen (secondary N) is 1. The highest BCUT2D eigenvalue weighted by Gasteiger charge is 2.12.